The second-order valence-electron chi connectivity index (χ2n) is 21.6. The van der Waals surface area contributed by atoms with E-state index in [4.69, 9.17) is 0 Å². The van der Waals surface area contributed by atoms with Gasteiger partial charge in [0.2, 0.25) is 0 Å². The lowest BCUT2D eigenvalue weighted by molar-refractivity contribution is 0.195. The van der Waals surface area contributed by atoms with E-state index >= 15 is 0 Å². The number of anilines is 5. The summed E-state index contributed by atoms with van der Waals surface area (Å²) in [5.74, 6) is 0.385. The molecule has 1 saturated carbocycles. The quantitative estimate of drug-likeness (QED) is 0.167. The van der Waals surface area contributed by atoms with Crippen molar-refractivity contribution in [2.45, 2.75) is 149 Å². The molecule has 0 amide bonds. The van der Waals surface area contributed by atoms with Crippen LogP contribution in [0.1, 0.15) is 149 Å². The van der Waals surface area contributed by atoms with Crippen molar-refractivity contribution in [3.05, 3.63) is 119 Å². The molecular weight excluding hydrogens is 675 g/mol. The largest absolute Gasteiger partial charge is 0.335 e. The Kier molecular flexibility index (Phi) is 8.10. The zero-order valence-electron chi connectivity index (χ0n) is 36.5. The predicted octanol–water partition coefficient (Wildman–Crippen LogP) is 12.7. The average Bonchev–Trinajstić information content (AvgIpc) is 3.35. The number of benzene rings is 5. The third-order valence-electron chi connectivity index (χ3n) is 14.6. The lowest BCUT2D eigenvalue weighted by Gasteiger charge is -2.53. The van der Waals surface area contributed by atoms with Gasteiger partial charge in [-0.05, 0) is 122 Å². The summed E-state index contributed by atoms with van der Waals surface area (Å²) in [5.41, 5.74) is 21.1. The van der Waals surface area contributed by atoms with E-state index in [1.807, 2.05) is 0 Å². The Morgan fingerprint density at radius 2 is 1.18 bits per heavy atom. The highest BCUT2D eigenvalue weighted by Crippen LogP contribution is 2.62. The topological polar surface area (TPSA) is 6.48 Å². The molecule has 2 atom stereocenters. The van der Waals surface area contributed by atoms with Gasteiger partial charge in [-0.1, -0.05) is 157 Å². The van der Waals surface area contributed by atoms with Crippen LogP contribution >= 0.6 is 0 Å². The fourth-order valence-electron chi connectivity index (χ4n) is 10.9. The Labute approximate surface area is 338 Å². The highest BCUT2D eigenvalue weighted by Gasteiger charge is 2.61. The first-order valence-electron chi connectivity index (χ1n) is 21.6. The van der Waals surface area contributed by atoms with E-state index in [0.717, 1.165) is 0 Å². The first-order chi connectivity index (χ1) is 26.2. The van der Waals surface area contributed by atoms with Gasteiger partial charge < -0.3 is 9.80 Å². The number of rotatable bonds is 3. The van der Waals surface area contributed by atoms with Crippen molar-refractivity contribution in [1.29, 1.82) is 0 Å². The molecule has 9 rings (SSSR count). The minimum Gasteiger partial charge on any atom is -0.335 e. The van der Waals surface area contributed by atoms with E-state index in [-0.39, 0.29) is 33.9 Å². The van der Waals surface area contributed by atoms with E-state index in [1.165, 1.54) is 104 Å². The minimum atomic E-state index is -0.0187. The Morgan fingerprint density at radius 3 is 1.82 bits per heavy atom. The van der Waals surface area contributed by atoms with Crippen molar-refractivity contribution < 1.29 is 0 Å². The van der Waals surface area contributed by atoms with Gasteiger partial charge in [-0.15, -0.1) is 0 Å². The van der Waals surface area contributed by atoms with Crippen molar-refractivity contribution in [2.24, 2.45) is 0 Å². The first kappa shape index (κ1) is 37.3. The number of fused-ring (bicyclic) bond motifs is 7. The number of nitrogens with zero attached hydrogens (tertiary/aromatic N) is 2. The lowest BCUT2D eigenvalue weighted by atomic mass is 9.33. The van der Waals surface area contributed by atoms with Gasteiger partial charge in [0.15, 0.2) is 0 Å². The molecule has 5 aromatic carbocycles. The summed E-state index contributed by atoms with van der Waals surface area (Å²) in [6.07, 6.45) is 5.00. The Bertz CT molecular complexity index is 2400. The minimum absolute atomic E-state index is 0.0137. The van der Waals surface area contributed by atoms with Crippen LogP contribution < -0.4 is 26.2 Å². The van der Waals surface area contributed by atoms with Crippen LogP contribution in [0.4, 0.5) is 28.4 Å². The normalized spacial score (nSPS) is 21.2. The highest BCUT2D eigenvalue weighted by atomic mass is 15.3. The standard InChI is InChI=1S/C53H63BN2/c1-33(2)35-27-45-47-46(28-35)56-48-40(52(12)25-17-18-26-53(52,56)13)30-38(51(9,10)11)32-42(48)54(47)41-31-37(50(6,7)8)22-24-44(41)55(45)43-23-21-36(49(3,4)5)29-39(43)34-19-15-14-16-20-34/h14-16,19-24,27-33H,17-18,25-26H2,1-13H3. The molecule has 0 saturated heterocycles. The molecule has 288 valence electrons. The molecule has 1 aliphatic carbocycles. The third-order valence-corrected chi connectivity index (χ3v) is 14.6. The molecule has 5 aromatic rings. The lowest BCUT2D eigenvalue weighted by Crippen LogP contribution is -2.64. The fourth-order valence-corrected chi connectivity index (χ4v) is 10.9. The Balaban J connectivity index is 1.45. The first-order valence-corrected chi connectivity index (χ1v) is 21.6. The van der Waals surface area contributed by atoms with Crippen LogP contribution in [0.5, 0.6) is 0 Å². The van der Waals surface area contributed by atoms with E-state index in [0.29, 0.717) is 5.92 Å². The molecule has 1 fully saturated rings. The van der Waals surface area contributed by atoms with Gasteiger partial charge in [-0.3, -0.25) is 0 Å². The van der Waals surface area contributed by atoms with E-state index < -0.39 is 0 Å². The SMILES string of the molecule is CC(C)c1cc2c3c(c1)N1c4c(cc(C(C)(C)C)cc4C4(C)CCCCC14C)B3c1cc(C(C)(C)C)ccc1N2c1ccc(C(C)(C)C)cc1-c1ccccc1. The molecule has 0 aromatic heterocycles. The van der Waals surface area contributed by atoms with Crippen molar-refractivity contribution in [3.8, 4) is 11.1 Å². The zero-order chi connectivity index (χ0) is 39.9. The van der Waals surface area contributed by atoms with Gasteiger partial charge in [0.05, 0.1) is 11.2 Å². The molecular formula is C53H63BN2. The van der Waals surface area contributed by atoms with E-state index in [2.05, 4.69) is 191 Å². The van der Waals surface area contributed by atoms with Gasteiger partial charge in [0, 0.05) is 33.7 Å². The van der Waals surface area contributed by atoms with Crippen LogP contribution in [0.2, 0.25) is 0 Å². The Morgan fingerprint density at radius 1 is 0.589 bits per heavy atom. The van der Waals surface area contributed by atoms with Crippen molar-refractivity contribution in [2.75, 3.05) is 9.80 Å². The van der Waals surface area contributed by atoms with Crippen LogP contribution in [-0.4, -0.2) is 12.3 Å². The smallest absolute Gasteiger partial charge is 0.252 e. The zero-order valence-corrected chi connectivity index (χ0v) is 36.5. The van der Waals surface area contributed by atoms with Crippen LogP contribution in [0.25, 0.3) is 11.1 Å². The fraction of sp³-hybridized carbons (Fsp3) is 0.434. The van der Waals surface area contributed by atoms with E-state index in [9.17, 15) is 0 Å². The summed E-state index contributed by atoms with van der Waals surface area (Å²) in [5, 5.41) is 0. The molecule has 56 heavy (non-hydrogen) atoms. The van der Waals surface area contributed by atoms with Gasteiger partial charge in [0.25, 0.3) is 6.71 Å². The van der Waals surface area contributed by atoms with Crippen LogP contribution in [0.3, 0.4) is 0 Å². The predicted molar refractivity (Wildman–Crippen MR) is 244 cm³/mol. The van der Waals surface area contributed by atoms with Crippen molar-refractivity contribution in [3.63, 3.8) is 0 Å². The number of hydrogen-bond acceptors (Lipinski definition) is 2. The average molecular weight is 739 g/mol. The van der Waals surface area contributed by atoms with E-state index in [1.54, 1.807) is 5.56 Å². The molecule has 2 nitrogen and oxygen atoms in total. The summed E-state index contributed by atoms with van der Waals surface area (Å²) in [6, 6.07) is 36.4. The summed E-state index contributed by atoms with van der Waals surface area (Å²) in [6.45, 7) is 31.5. The van der Waals surface area contributed by atoms with Gasteiger partial charge in [0.1, 0.15) is 0 Å². The maximum absolute atomic E-state index is 2.90. The van der Waals surface area contributed by atoms with Crippen molar-refractivity contribution >= 4 is 51.5 Å². The van der Waals surface area contributed by atoms with Crippen LogP contribution in [0, 0.1) is 0 Å². The van der Waals surface area contributed by atoms with Crippen LogP contribution in [0.15, 0.2) is 91.0 Å². The van der Waals surface area contributed by atoms with Crippen molar-refractivity contribution in [1.82, 2.24) is 0 Å². The molecule has 3 aliphatic heterocycles. The molecule has 0 bridgehead atoms. The molecule has 0 N–H and O–H groups in total. The highest BCUT2D eigenvalue weighted by molar-refractivity contribution is 7.00. The maximum Gasteiger partial charge on any atom is 0.252 e. The summed E-state index contributed by atoms with van der Waals surface area (Å²) in [4.78, 5) is 5.58. The molecule has 3 heteroatoms. The Hall–Kier alpha value is -4.24. The molecule has 0 radical (unpaired) electrons. The number of hydrogen-bond donors (Lipinski definition) is 0. The molecule has 2 unspecified atom stereocenters. The third kappa shape index (κ3) is 5.28. The monoisotopic (exact) mass is 739 g/mol. The summed E-state index contributed by atoms with van der Waals surface area (Å²) < 4.78 is 0. The van der Waals surface area contributed by atoms with Gasteiger partial charge in [-0.2, -0.15) is 0 Å². The second kappa shape index (κ2) is 12.1. The maximum atomic E-state index is 2.90. The molecule has 3 heterocycles. The summed E-state index contributed by atoms with van der Waals surface area (Å²) in [7, 11) is 0. The second-order valence-corrected chi connectivity index (χ2v) is 21.6. The molecule has 4 aliphatic rings. The van der Waals surface area contributed by atoms with Crippen LogP contribution in [-0.2, 0) is 21.7 Å². The van der Waals surface area contributed by atoms with Gasteiger partial charge in [-0.25, -0.2) is 0 Å². The van der Waals surface area contributed by atoms with Gasteiger partial charge >= 0.3 is 0 Å². The summed E-state index contributed by atoms with van der Waals surface area (Å²) >= 11 is 0. The molecule has 0 spiro atoms.